The van der Waals surface area contributed by atoms with E-state index in [4.69, 9.17) is 0 Å². The lowest BCUT2D eigenvalue weighted by atomic mass is 10.2. The zero-order chi connectivity index (χ0) is 21.8. The number of halogens is 3. The molecule has 0 unspecified atom stereocenters. The van der Waals surface area contributed by atoms with Crippen LogP contribution in [0.4, 0.5) is 35.0 Å². The number of hydrogen-bond donors (Lipinski definition) is 3. The van der Waals surface area contributed by atoms with Gasteiger partial charge in [-0.25, -0.2) is 13.2 Å². The third-order valence-electron chi connectivity index (χ3n) is 3.92. The highest BCUT2D eigenvalue weighted by molar-refractivity contribution is 7.92. The third-order valence-corrected chi connectivity index (χ3v) is 5.36. The summed E-state index contributed by atoms with van der Waals surface area (Å²) in [6.07, 6.45) is -4.49. The normalized spacial score (nSPS) is 11.6. The van der Waals surface area contributed by atoms with Crippen LogP contribution < -0.4 is 15.4 Å². The van der Waals surface area contributed by atoms with Crippen molar-refractivity contribution in [1.82, 2.24) is 0 Å². The molecule has 0 aromatic heterocycles. The molecule has 6 nitrogen and oxygen atoms in total. The summed E-state index contributed by atoms with van der Waals surface area (Å²) in [5.74, 6) is 0. The van der Waals surface area contributed by atoms with E-state index < -0.39 is 27.8 Å². The van der Waals surface area contributed by atoms with Gasteiger partial charge in [0.05, 0.1) is 11.3 Å². The fourth-order valence-corrected chi connectivity index (χ4v) is 3.77. The molecule has 0 fully saturated rings. The van der Waals surface area contributed by atoms with E-state index in [1.165, 1.54) is 24.3 Å². The Kier molecular flexibility index (Phi) is 5.97. The Morgan fingerprint density at radius 3 is 1.97 bits per heavy atom. The zero-order valence-electron chi connectivity index (χ0n) is 15.3. The van der Waals surface area contributed by atoms with E-state index in [1.54, 1.807) is 30.3 Å². The van der Waals surface area contributed by atoms with Crippen molar-refractivity contribution in [3.8, 4) is 0 Å². The van der Waals surface area contributed by atoms with Gasteiger partial charge in [-0.05, 0) is 48.5 Å². The molecule has 3 aromatic rings. The number of urea groups is 1. The number of benzene rings is 3. The summed E-state index contributed by atoms with van der Waals surface area (Å²) in [7, 11) is -4.00. The second kappa shape index (κ2) is 8.46. The van der Waals surface area contributed by atoms with Gasteiger partial charge in [0.1, 0.15) is 4.90 Å². The van der Waals surface area contributed by atoms with Crippen LogP contribution in [0.5, 0.6) is 0 Å². The standard InChI is InChI=1S/C20H16F3N3O3S/c21-20(22,23)14-10-12-15(13-11-14)24-19(27)25-17-8-4-5-9-18(17)30(28,29)26-16-6-2-1-3-7-16/h1-13,26H,(H2,24,25,27). The number of amides is 2. The molecule has 0 saturated carbocycles. The van der Waals surface area contributed by atoms with Crippen LogP contribution >= 0.6 is 0 Å². The molecule has 0 spiro atoms. The molecule has 3 aromatic carbocycles. The van der Waals surface area contributed by atoms with Crippen molar-refractivity contribution in [2.45, 2.75) is 11.1 Å². The second-order valence-electron chi connectivity index (χ2n) is 6.12. The highest BCUT2D eigenvalue weighted by Gasteiger charge is 2.30. The van der Waals surface area contributed by atoms with Crippen LogP contribution in [0.2, 0.25) is 0 Å². The summed E-state index contributed by atoms with van der Waals surface area (Å²) < 4.78 is 65.7. The first kappa shape index (κ1) is 21.2. The highest BCUT2D eigenvalue weighted by atomic mass is 32.2. The summed E-state index contributed by atoms with van der Waals surface area (Å²) in [4.78, 5) is 12.1. The van der Waals surface area contributed by atoms with Gasteiger partial charge >= 0.3 is 12.2 Å². The van der Waals surface area contributed by atoms with Gasteiger partial charge in [-0.2, -0.15) is 13.2 Å². The van der Waals surface area contributed by atoms with E-state index in [9.17, 15) is 26.4 Å². The number of hydrogen-bond acceptors (Lipinski definition) is 3. The van der Waals surface area contributed by atoms with Crippen LogP contribution in [0.15, 0.2) is 83.8 Å². The minimum absolute atomic E-state index is 0.00495. The van der Waals surface area contributed by atoms with Crippen LogP contribution in [-0.4, -0.2) is 14.4 Å². The Morgan fingerprint density at radius 1 is 0.733 bits per heavy atom. The number of sulfonamides is 1. The quantitative estimate of drug-likeness (QED) is 0.518. The van der Waals surface area contributed by atoms with Crippen LogP contribution in [0.3, 0.4) is 0 Å². The first-order valence-electron chi connectivity index (χ1n) is 8.57. The lowest BCUT2D eigenvalue weighted by Gasteiger charge is -2.14. The minimum atomic E-state index is -4.49. The summed E-state index contributed by atoms with van der Waals surface area (Å²) >= 11 is 0. The molecular formula is C20H16F3N3O3S. The van der Waals surface area contributed by atoms with Crippen molar-refractivity contribution >= 4 is 33.1 Å². The molecule has 0 aliphatic carbocycles. The first-order chi connectivity index (χ1) is 14.1. The lowest BCUT2D eigenvalue weighted by molar-refractivity contribution is -0.137. The van der Waals surface area contributed by atoms with Crippen molar-refractivity contribution in [1.29, 1.82) is 0 Å². The number of rotatable bonds is 5. The Labute approximate surface area is 170 Å². The summed E-state index contributed by atoms with van der Waals surface area (Å²) in [5, 5.41) is 4.77. The van der Waals surface area contributed by atoms with E-state index in [2.05, 4.69) is 15.4 Å². The monoisotopic (exact) mass is 435 g/mol. The van der Waals surface area contributed by atoms with Crippen molar-refractivity contribution in [2.75, 3.05) is 15.4 Å². The number of para-hydroxylation sites is 2. The van der Waals surface area contributed by atoms with Gasteiger partial charge in [-0.3, -0.25) is 4.72 Å². The highest BCUT2D eigenvalue weighted by Crippen LogP contribution is 2.30. The maximum Gasteiger partial charge on any atom is 0.416 e. The van der Waals surface area contributed by atoms with Gasteiger partial charge in [0, 0.05) is 11.4 Å². The van der Waals surface area contributed by atoms with E-state index in [1.807, 2.05) is 0 Å². The van der Waals surface area contributed by atoms with Crippen LogP contribution in [0.25, 0.3) is 0 Å². The molecule has 156 valence electrons. The maximum atomic E-state index is 12.7. The predicted molar refractivity (Wildman–Crippen MR) is 108 cm³/mol. The van der Waals surface area contributed by atoms with E-state index in [0.717, 1.165) is 24.3 Å². The van der Waals surface area contributed by atoms with Gasteiger partial charge in [-0.15, -0.1) is 0 Å². The summed E-state index contributed by atoms with van der Waals surface area (Å²) in [6, 6.07) is 17.0. The number of anilines is 3. The second-order valence-corrected chi connectivity index (χ2v) is 7.77. The van der Waals surface area contributed by atoms with Gasteiger partial charge in [-0.1, -0.05) is 30.3 Å². The molecule has 0 atom stereocenters. The molecule has 30 heavy (non-hydrogen) atoms. The van der Waals surface area contributed by atoms with Crippen molar-refractivity contribution in [3.63, 3.8) is 0 Å². The van der Waals surface area contributed by atoms with Gasteiger partial charge < -0.3 is 10.6 Å². The molecule has 0 aliphatic heterocycles. The Morgan fingerprint density at radius 2 is 1.33 bits per heavy atom. The van der Waals surface area contributed by atoms with Gasteiger partial charge in [0.25, 0.3) is 10.0 Å². The number of carbonyl (C=O) groups is 1. The fraction of sp³-hybridized carbons (Fsp3) is 0.0500. The Bertz CT molecular complexity index is 1130. The molecule has 3 rings (SSSR count). The summed E-state index contributed by atoms with van der Waals surface area (Å²) in [5.41, 5.74) is -0.382. The average Bonchev–Trinajstić information content (AvgIpc) is 2.68. The predicted octanol–water partition coefficient (Wildman–Crippen LogP) is 5.15. The van der Waals surface area contributed by atoms with Crippen molar-refractivity contribution in [2.24, 2.45) is 0 Å². The van der Waals surface area contributed by atoms with Gasteiger partial charge in [0.2, 0.25) is 0 Å². The molecule has 0 heterocycles. The third kappa shape index (κ3) is 5.29. The van der Waals surface area contributed by atoms with E-state index in [-0.39, 0.29) is 16.3 Å². The molecule has 3 N–H and O–H groups in total. The van der Waals surface area contributed by atoms with Crippen LogP contribution in [-0.2, 0) is 16.2 Å². The molecule has 0 saturated heterocycles. The minimum Gasteiger partial charge on any atom is -0.308 e. The molecule has 0 aliphatic rings. The SMILES string of the molecule is O=C(Nc1ccc(C(F)(F)F)cc1)Nc1ccccc1S(=O)(=O)Nc1ccccc1. The van der Waals surface area contributed by atoms with Crippen LogP contribution in [0, 0.1) is 0 Å². The van der Waals surface area contributed by atoms with Crippen molar-refractivity contribution < 1.29 is 26.4 Å². The zero-order valence-corrected chi connectivity index (χ0v) is 16.1. The summed E-state index contributed by atoms with van der Waals surface area (Å²) in [6.45, 7) is 0. The average molecular weight is 435 g/mol. The fourth-order valence-electron chi connectivity index (χ4n) is 2.55. The molecule has 2 amide bonds. The van der Waals surface area contributed by atoms with Crippen LogP contribution in [0.1, 0.15) is 5.56 Å². The maximum absolute atomic E-state index is 12.7. The molecule has 0 bridgehead atoms. The smallest absolute Gasteiger partial charge is 0.308 e. The van der Waals surface area contributed by atoms with E-state index in [0.29, 0.717) is 5.69 Å². The largest absolute Gasteiger partial charge is 0.416 e. The van der Waals surface area contributed by atoms with E-state index >= 15 is 0 Å². The first-order valence-corrected chi connectivity index (χ1v) is 10.1. The van der Waals surface area contributed by atoms with Crippen molar-refractivity contribution in [3.05, 3.63) is 84.4 Å². The van der Waals surface area contributed by atoms with Gasteiger partial charge in [0.15, 0.2) is 0 Å². The number of alkyl halides is 3. The molecular weight excluding hydrogens is 419 g/mol. The lowest BCUT2D eigenvalue weighted by Crippen LogP contribution is -2.22. The number of carbonyl (C=O) groups excluding carboxylic acids is 1. The topological polar surface area (TPSA) is 87.3 Å². The molecule has 10 heteroatoms. The Balaban J connectivity index is 1.75. The number of nitrogens with one attached hydrogen (secondary N) is 3. The molecule has 0 radical (unpaired) electrons. The Hall–Kier alpha value is -3.53.